The smallest absolute Gasteiger partial charge is 0.350 e. The van der Waals surface area contributed by atoms with E-state index in [9.17, 15) is 4.79 Å². The van der Waals surface area contributed by atoms with Gasteiger partial charge in [0.05, 0.1) is 19.4 Å². The van der Waals surface area contributed by atoms with Crippen LogP contribution in [0.4, 0.5) is 5.69 Å². The van der Waals surface area contributed by atoms with E-state index in [2.05, 4.69) is 0 Å². The van der Waals surface area contributed by atoms with Crippen molar-refractivity contribution >= 4 is 34.6 Å². The minimum Gasteiger partial charge on any atom is -0.496 e. The predicted octanol–water partition coefficient (Wildman–Crippen LogP) is 4.14. The van der Waals surface area contributed by atoms with E-state index in [-0.39, 0.29) is 0 Å². The summed E-state index contributed by atoms with van der Waals surface area (Å²) < 4.78 is 10.4. The lowest BCUT2D eigenvalue weighted by Crippen LogP contribution is -2.05. The summed E-state index contributed by atoms with van der Waals surface area (Å²) in [5, 5.41) is 0.592. The SMILES string of the molecule is CCOC(=O)c1sc(-c2cc(Cl)ccc2OC)c(C)c1N. The lowest BCUT2D eigenvalue weighted by molar-refractivity contribution is 0.0533. The Morgan fingerprint density at radius 3 is 2.76 bits per heavy atom. The molecule has 1 heterocycles. The summed E-state index contributed by atoms with van der Waals surface area (Å²) in [4.78, 5) is 13.2. The van der Waals surface area contributed by atoms with Crippen molar-refractivity contribution in [1.82, 2.24) is 0 Å². The van der Waals surface area contributed by atoms with E-state index in [1.807, 2.05) is 6.92 Å². The minimum atomic E-state index is -0.407. The summed E-state index contributed by atoms with van der Waals surface area (Å²) in [6.45, 7) is 3.94. The first-order chi connectivity index (χ1) is 9.99. The molecule has 0 fully saturated rings. The van der Waals surface area contributed by atoms with Crippen LogP contribution in [0.1, 0.15) is 22.2 Å². The molecule has 112 valence electrons. The van der Waals surface area contributed by atoms with E-state index in [0.717, 1.165) is 16.0 Å². The normalized spacial score (nSPS) is 10.5. The van der Waals surface area contributed by atoms with Gasteiger partial charge in [0.1, 0.15) is 10.6 Å². The topological polar surface area (TPSA) is 61.5 Å². The number of carbonyl (C=O) groups is 1. The molecular weight excluding hydrogens is 310 g/mol. The van der Waals surface area contributed by atoms with Crippen molar-refractivity contribution in [2.75, 3.05) is 19.5 Å². The van der Waals surface area contributed by atoms with Gasteiger partial charge in [-0.25, -0.2) is 4.79 Å². The molecule has 2 aromatic rings. The van der Waals surface area contributed by atoms with Gasteiger partial charge in [0.2, 0.25) is 0 Å². The van der Waals surface area contributed by atoms with E-state index in [1.54, 1.807) is 32.2 Å². The van der Waals surface area contributed by atoms with E-state index in [1.165, 1.54) is 11.3 Å². The third kappa shape index (κ3) is 2.99. The van der Waals surface area contributed by atoms with Gasteiger partial charge in [-0.3, -0.25) is 0 Å². The number of halogens is 1. The fourth-order valence-electron chi connectivity index (χ4n) is 1.99. The van der Waals surface area contributed by atoms with Crippen molar-refractivity contribution in [3.05, 3.63) is 33.7 Å². The lowest BCUT2D eigenvalue weighted by Gasteiger charge is -2.08. The molecule has 0 atom stereocenters. The molecule has 0 unspecified atom stereocenters. The fourth-order valence-corrected chi connectivity index (χ4v) is 3.30. The Kier molecular flexibility index (Phi) is 4.75. The third-order valence-corrected chi connectivity index (χ3v) is 4.62. The average Bonchev–Trinajstić information content (AvgIpc) is 2.75. The van der Waals surface area contributed by atoms with Crippen molar-refractivity contribution < 1.29 is 14.3 Å². The number of nitrogens with two attached hydrogens (primary N) is 1. The molecule has 0 aliphatic rings. The maximum absolute atomic E-state index is 11.9. The van der Waals surface area contributed by atoms with Crippen LogP contribution in [0.15, 0.2) is 18.2 Å². The number of ether oxygens (including phenoxy) is 2. The minimum absolute atomic E-state index is 0.311. The van der Waals surface area contributed by atoms with E-state index in [0.29, 0.717) is 27.9 Å². The van der Waals surface area contributed by atoms with Crippen LogP contribution in [0.5, 0.6) is 5.75 Å². The van der Waals surface area contributed by atoms with Crippen molar-refractivity contribution in [2.24, 2.45) is 0 Å². The molecular formula is C15H16ClNO3S. The number of anilines is 1. The molecule has 1 aromatic carbocycles. The van der Waals surface area contributed by atoms with Gasteiger partial charge in [-0.15, -0.1) is 11.3 Å². The summed E-state index contributed by atoms with van der Waals surface area (Å²) in [6, 6.07) is 5.34. The van der Waals surface area contributed by atoms with Crippen molar-refractivity contribution in [3.8, 4) is 16.2 Å². The van der Waals surface area contributed by atoms with Gasteiger partial charge < -0.3 is 15.2 Å². The highest BCUT2D eigenvalue weighted by atomic mass is 35.5. The Morgan fingerprint density at radius 2 is 2.14 bits per heavy atom. The van der Waals surface area contributed by atoms with Crippen molar-refractivity contribution in [2.45, 2.75) is 13.8 Å². The average molecular weight is 326 g/mol. The molecule has 2 rings (SSSR count). The number of rotatable bonds is 4. The second-order valence-corrected chi connectivity index (χ2v) is 5.82. The van der Waals surface area contributed by atoms with Crippen molar-refractivity contribution in [1.29, 1.82) is 0 Å². The summed E-state index contributed by atoms with van der Waals surface area (Å²) >= 11 is 7.35. The first kappa shape index (κ1) is 15.7. The summed E-state index contributed by atoms with van der Waals surface area (Å²) in [7, 11) is 1.59. The van der Waals surface area contributed by atoms with Crippen LogP contribution in [-0.2, 0) is 4.74 Å². The number of methoxy groups -OCH3 is 1. The Labute approximate surface area is 132 Å². The maximum Gasteiger partial charge on any atom is 0.350 e. The van der Waals surface area contributed by atoms with Crippen LogP contribution >= 0.6 is 22.9 Å². The number of hydrogen-bond donors (Lipinski definition) is 1. The molecule has 0 saturated heterocycles. The predicted molar refractivity (Wildman–Crippen MR) is 86.4 cm³/mol. The molecule has 0 aliphatic carbocycles. The molecule has 0 radical (unpaired) electrons. The van der Waals surface area contributed by atoms with Crippen molar-refractivity contribution in [3.63, 3.8) is 0 Å². The van der Waals surface area contributed by atoms with Crippen LogP contribution in [-0.4, -0.2) is 19.7 Å². The number of esters is 1. The van der Waals surface area contributed by atoms with E-state index in [4.69, 9.17) is 26.8 Å². The lowest BCUT2D eigenvalue weighted by atomic mass is 10.1. The van der Waals surface area contributed by atoms with Gasteiger partial charge in [-0.2, -0.15) is 0 Å². The monoisotopic (exact) mass is 325 g/mol. The van der Waals surface area contributed by atoms with Gasteiger partial charge >= 0.3 is 5.97 Å². The zero-order valence-electron chi connectivity index (χ0n) is 12.0. The largest absolute Gasteiger partial charge is 0.496 e. The summed E-state index contributed by atoms with van der Waals surface area (Å²) in [5.41, 5.74) is 8.11. The second kappa shape index (κ2) is 6.37. The van der Waals surface area contributed by atoms with Gasteiger partial charge in [0.15, 0.2) is 0 Å². The summed E-state index contributed by atoms with van der Waals surface area (Å²) in [6.07, 6.45) is 0. The molecule has 0 bridgehead atoms. The van der Waals surface area contributed by atoms with Crippen LogP contribution in [0.25, 0.3) is 10.4 Å². The molecule has 0 aliphatic heterocycles. The highest BCUT2D eigenvalue weighted by Crippen LogP contribution is 2.43. The molecule has 0 spiro atoms. The van der Waals surface area contributed by atoms with E-state index >= 15 is 0 Å². The Morgan fingerprint density at radius 1 is 1.43 bits per heavy atom. The van der Waals surface area contributed by atoms with Gasteiger partial charge in [0.25, 0.3) is 0 Å². The number of carbonyl (C=O) groups excluding carboxylic acids is 1. The molecule has 4 nitrogen and oxygen atoms in total. The highest BCUT2D eigenvalue weighted by molar-refractivity contribution is 7.18. The molecule has 0 saturated carbocycles. The Hall–Kier alpha value is -1.72. The Balaban J connectivity index is 2.58. The number of benzene rings is 1. The number of nitrogen functional groups attached to an aromatic ring is 1. The third-order valence-electron chi connectivity index (χ3n) is 3.06. The zero-order valence-corrected chi connectivity index (χ0v) is 13.6. The first-order valence-electron chi connectivity index (χ1n) is 6.39. The van der Waals surface area contributed by atoms with Crippen LogP contribution in [0, 0.1) is 6.92 Å². The number of thiophene rings is 1. The van der Waals surface area contributed by atoms with E-state index < -0.39 is 5.97 Å². The summed E-state index contributed by atoms with van der Waals surface area (Å²) in [5.74, 6) is 0.273. The van der Waals surface area contributed by atoms with Crippen LogP contribution < -0.4 is 10.5 Å². The van der Waals surface area contributed by atoms with Gasteiger partial charge in [0, 0.05) is 15.5 Å². The number of hydrogen-bond acceptors (Lipinski definition) is 5. The molecule has 2 N–H and O–H groups in total. The second-order valence-electron chi connectivity index (χ2n) is 4.36. The fraction of sp³-hybridized carbons (Fsp3) is 0.267. The Bertz CT molecular complexity index is 682. The molecule has 21 heavy (non-hydrogen) atoms. The standard InChI is InChI=1S/C15H16ClNO3S/c1-4-20-15(18)14-12(17)8(2)13(21-14)10-7-9(16)5-6-11(10)19-3/h5-7H,4,17H2,1-3H3. The van der Waals surface area contributed by atoms with Gasteiger partial charge in [-0.1, -0.05) is 11.6 Å². The van der Waals surface area contributed by atoms with Gasteiger partial charge in [-0.05, 0) is 37.6 Å². The zero-order chi connectivity index (χ0) is 15.6. The van der Waals surface area contributed by atoms with Crippen LogP contribution in [0.3, 0.4) is 0 Å². The first-order valence-corrected chi connectivity index (χ1v) is 7.58. The molecule has 6 heteroatoms. The molecule has 1 aromatic heterocycles. The molecule has 0 amide bonds. The quantitative estimate of drug-likeness (QED) is 0.858. The highest BCUT2D eigenvalue weighted by Gasteiger charge is 2.22. The maximum atomic E-state index is 11.9. The van der Waals surface area contributed by atoms with Crippen LogP contribution in [0.2, 0.25) is 5.02 Å².